The van der Waals surface area contributed by atoms with Crippen LogP contribution in [0.4, 0.5) is 0 Å². The standard InChI is InChI=1S/C25H26N6O5/c1-3-35-24(33)18-9-5-11-29(14-18)20(32)15-31-25(34)30-12-6-10-19(22(30)27-31)23-26-21(28-36-23)17-8-4-7-16(2)13-17/h4,6-8,10,12-13,18H,3,5,9,11,14-15H2,1-2H3. The molecule has 0 spiro atoms. The third kappa shape index (κ3) is 4.51. The van der Waals surface area contributed by atoms with Crippen LogP contribution >= 0.6 is 0 Å². The lowest BCUT2D eigenvalue weighted by Gasteiger charge is -2.31. The van der Waals surface area contributed by atoms with E-state index in [1.54, 1.807) is 30.2 Å². The number of ether oxygens (including phenoxy) is 1. The number of esters is 1. The summed E-state index contributed by atoms with van der Waals surface area (Å²) in [6, 6.07) is 11.1. The van der Waals surface area contributed by atoms with Gasteiger partial charge >= 0.3 is 11.7 Å². The zero-order chi connectivity index (χ0) is 25.2. The monoisotopic (exact) mass is 490 g/mol. The lowest BCUT2D eigenvalue weighted by Crippen LogP contribution is -2.45. The summed E-state index contributed by atoms with van der Waals surface area (Å²) in [5.74, 6) is -0.292. The Morgan fingerprint density at radius 3 is 2.89 bits per heavy atom. The van der Waals surface area contributed by atoms with Crippen molar-refractivity contribution in [1.82, 2.24) is 29.2 Å². The first-order valence-electron chi connectivity index (χ1n) is 11.9. The second-order valence-corrected chi connectivity index (χ2v) is 8.78. The van der Waals surface area contributed by atoms with E-state index in [0.717, 1.165) is 15.8 Å². The number of likely N-dealkylation sites (tertiary alicyclic amines) is 1. The molecule has 1 saturated heterocycles. The van der Waals surface area contributed by atoms with Gasteiger partial charge in [0, 0.05) is 24.8 Å². The first-order valence-corrected chi connectivity index (χ1v) is 11.9. The minimum absolute atomic E-state index is 0.217. The van der Waals surface area contributed by atoms with Crippen molar-refractivity contribution < 1.29 is 18.8 Å². The maximum atomic E-state index is 13.0. The van der Waals surface area contributed by atoms with Gasteiger partial charge in [0.25, 0.3) is 5.89 Å². The van der Waals surface area contributed by atoms with Gasteiger partial charge in [-0.1, -0.05) is 28.9 Å². The number of aromatic nitrogens is 5. The molecule has 1 atom stereocenters. The number of carbonyl (C=O) groups excluding carboxylic acids is 2. The number of pyridine rings is 1. The number of hydrogen-bond donors (Lipinski definition) is 0. The van der Waals surface area contributed by atoms with Crippen LogP contribution < -0.4 is 5.69 Å². The molecule has 1 unspecified atom stereocenters. The van der Waals surface area contributed by atoms with Crippen molar-refractivity contribution in [2.45, 2.75) is 33.2 Å². The molecule has 0 radical (unpaired) electrons. The number of fused-ring (bicyclic) bond motifs is 1. The molecule has 0 saturated carbocycles. The highest BCUT2D eigenvalue weighted by Gasteiger charge is 2.30. The van der Waals surface area contributed by atoms with E-state index >= 15 is 0 Å². The Labute approximate surface area is 206 Å². The molecule has 4 aromatic rings. The SMILES string of the molecule is CCOC(=O)C1CCCN(C(=O)Cn2nc3c(-c4nc(-c5cccc(C)c5)no4)cccn3c2=O)C1. The molecule has 0 bridgehead atoms. The van der Waals surface area contributed by atoms with Crippen molar-refractivity contribution in [3.63, 3.8) is 0 Å². The van der Waals surface area contributed by atoms with Gasteiger partial charge in [-0.2, -0.15) is 4.98 Å². The summed E-state index contributed by atoms with van der Waals surface area (Å²) in [6.07, 6.45) is 2.94. The predicted octanol–water partition coefficient (Wildman–Crippen LogP) is 2.32. The molecular formula is C25H26N6O5. The number of aryl methyl sites for hydroxylation is 1. The first kappa shape index (κ1) is 23.5. The molecule has 4 heterocycles. The zero-order valence-corrected chi connectivity index (χ0v) is 20.1. The fourth-order valence-corrected chi connectivity index (χ4v) is 4.43. The van der Waals surface area contributed by atoms with Gasteiger partial charge in [-0.05, 0) is 44.9 Å². The van der Waals surface area contributed by atoms with Crippen molar-refractivity contribution in [3.8, 4) is 22.8 Å². The molecule has 36 heavy (non-hydrogen) atoms. The predicted molar refractivity (Wildman–Crippen MR) is 129 cm³/mol. The van der Waals surface area contributed by atoms with Crippen LogP contribution in [0.1, 0.15) is 25.3 Å². The fraction of sp³-hybridized carbons (Fsp3) is 0.360. The van der Waals surface area contributed by atoms with Crippen molar-refractivity contribution in [3.05, 3.63) is 58.6 Å². The smallest absolute Gasteiger partial charge is 0.350 e. The molecule has 5 rings (SSSR count). The van der Waals surface area contributed by atoms with E-state index < -0.39 is 5.69 Å². The van der Waals surface area contributed by atoms with Gasteiger partial charge in [-0.15, -0.1) is 5.10 Å². The number of hydrogen-bond acceptors (Lipinski definition) is 8. The maximum Gasteiger partial charge on any atom is 0.350 e. The summed E-state index contributed by atoms with van der Waals surface area (Å²) in [5.41, 5.74) is 2.20. The van der Waals surface area contributed by atoms with Gasteiger partial charge < -0.3 is 14.2 Å². The van der Waals surface area contributed by atoms with Gasteiger partial charge in [0.15, 0.2) is 5.65 Å². The van der Waals surface area contributed by atoms with Gasteiger partial charge in [0.05, 0.1) is 18.1 Å². The lowest BCUT2D eigenvalue weighted by molar-refractivity contribution is -0.151. The average Bonchev–Trinajstić information content (AvgIpc) is 3.50. The molecule has 1 fully saturated rings. The van der Waals surface area contributed by atoms with Crippen molar-refractivity contribution in [1.29, 1.82) is 0 Å². The summed E-state index contributed by atoms with van der Waals surface area (Å²) in [5, 5.41) is 8.48. The second kappa shape index (κ2) is 9.76. The third-order valence-corrected chi connectivity index (χ3v) is 6.22. The highest BCUT2D eigenvalue weighted by atomic mass is 16.5. The second-order valence-electron chi connectivity index (χ2n) is 8.78. The number of rotatable bonds is 6. The minimum atomic E-state index is -0.461. The topological polar surface area (TPSA) is 125 Å². The number of nitrogens with zero attached hydrogens (tertiary/aromatic N) is 6. The van der Waals surface area contributed by atoms with Crippen LogP contribution in [-0.4, -0.2) is 60.8 Å². The molecule has 1 amide bonds. The van der Waals surface area contributed by atoms with Crippen LogP contribution in [-0.2, 0) is 20.9 Å². The highest BCUT2D eigenvalue weighted by Crippen LogP contribution is 2.25. The molecule has 186 valence electrons. The van der Waals surface area contributed by atoms with Crippen molar-refractivity contribution in [2.24, 2.45) is 5.92 Å². The van der Waals surface area contributed by atoms with Crippen LogP contribution in [0.5, 0.6) is 0 Å². The number of amides is 1. The molecular weight excluding hydrogens is 464 g/mol. The Kier molecular flexibility index (Phi) is 6.36. The summed E-state index contributed by atoms with van der Waals surface area (Å²) in [7, 11) is 0. The van der Waals surface area contributed by atoms with Gasteiger partial charge in [-0.25, -0.2) is 13.9 Å². The summed E-state index contributed by atoms with van der Waals surface area (Å²) in [6.45, 7) is 4.58. The Morgan fingerprint density at radius 1 is 1.22 bits per heavy atom. The fourth-order valence-electron chi connectivity index (χ4n) is 4.43. The normalized spacial score (nSPS) is 15.8. The van der Waals surface area contributed by atoms with E-state index in [-0.39, 0.29) is 36.8 Å². The van der Waals surface area contributed by atoms with E-state index in [1.807, 2.05) is 31.2 Å². The summed E-state index contributed by atoms with van der Waals surface area (Å²) in [4.78, 5) is 44.2. The van der Waals surface area contributed by atoms with Crippen LogP contribution in [0.3, 0.4) is 0 Å². The largest absolute Gasteiger partial charge is 0.466 e. The third-order valence-electron chi connectivity index (χ3n) is 6.22. The Balaban J connectivity index is 1.40. The molecule has 11 nitrogen and oxygen atoms in total. The van der Waals surface area contributed by atoms with Crippen molar-refractivity contribution >= 4 is 17.5 Å². The highest BCUT2D eigenvalue weighted by molar-refractivity contribution is 5.78. The Bertz CT molecular complexity index is 1490. The Hall–Kier alpha value is -4.28. The van der Waals surface area contributed by atoms with E-state index in [4.69, 9.17) is 9.26 Å². The summed E-state index contributed by atoms with van der Waals surface area (Å²) < 4.78 is 13.1. The van der Waals surface area contributed by atoms with Gasteiger partial charge in [0.2, 0.25) is 11.7 Å². The van der Waals surface area contributed by atoms with Crippen LogP contribution in [0.25, 0.3) is 28.5 Å². The molecule has 3 aromatic heterocycles. The zero-order valence-electron chi connectivity index (χ0n) is 20.1. The molecule has 0 aliphatic carbocycles. The van der Waals surface area contributed by atoms with E-state index in [1.165, 1.54) is 4.40 Å². The summed E-state index contributed by atoms with van der Waals surface area (Å²) >= 11 is 0. The molecule has 1 aromatic carbocycles. The van der Waals surface area contributed by atoms with E-state index in [2.05, 4.69) is 15.2 Å². The van der Waals surface area contributed by atoms with Gasteiger partial charge in [0.1, 0.15) is 6.54 Å². The van der Waals surface area contributed by atoms with Crippen LogP contribution in [0.2, 0.25) is 0 Å². The number of piperidine rings is 1. The average molecular weight is 491 g/mol. The first-order chi connectivity index (χ1) is 17.4. The Morgan fingerprint density at radius 2 is 2.08 bits per heavy atom. The number of benzene rings is 1. The molecule has 1 aliphatic rings. The number of carbonyl (C=O) groups is 2. The minimum Gasteiger partial charge on any atom is -0.466 e. The molecule has 1 aliphatic heterocycles. The molecule has 0 N–H and O–H groups in total. The molecule has 11 heteroatoms. The van der Waals surface area contributed by atoms with E-state index in [0.29, 0.717) is 43.0 Å². The van der Waals surface area contributed by atoms with Crippen molar-refractivity contribution in [2.75, 3.05) is 19.7 Å². The lowest BCUT2D eigenvalue weighted by atomic mass is 9.98. The maximum absolute atomic E-state index is 13.0. The van der Waals surface area contributed by atoms with Crippen LogP contribution in [0, 0.1) is 12.8 Å². The van der Waals surface area contributed by atoms with Gasteiger partial charge in [-0.3, -0.25) is 9.59 Å². The van der Waals surface area contributed by atoms with E-state index in [9.17, 15) is 14.4 Å². The van der Waals surface area contributed by atoms with Crippen LogP contribution in [0.15, 0.2) is 51.9 Å². The quantitative estimate of drug-likeness (QED) is 0.377.